The van der Waals surface area contributed by atoms with E-state index in [0.717, 1.165) is 24.3 Å². The topological polar surface area (TPSA) is 146 Å². The van der Waals surface area contributed by atoms with Crippen LogP contribution in [0.4, 0.5) is 11.4 Å². The van der Waals surface area contributed by atoms with Crippen molar-refractivity contribution < 1.29 is 37.4 Å². The number of nitrogens with one attached hydrogen (secondary N) is 1. The zero-order valence-corrected chi connectivity index (χ0v) is 20.7. The molecule has 2 N–H and O–H groups in total. The van der Waals surface area contributed by atoms with Crippen LogP contribution in [0.1, 0.15) is 11.1 Å². The molecule has 0 bridgehead atoms. The van der Waals surface area contributed by atoms with E-state index in [1.54, 1.807) is 30.4 Å². The van der Waals surface area contributed by atoms with Gasteiger partial charge in [-0.2, -0.15) is 0 Å². The first-order chi connectivity index (χ1) is 17.1. The summed E-state index contributed by atoms with van der Waals surface area (Å²) in [4.78, 5) is 10.0. The predicted molar refractivity (Wildman–Crippen MR) is 134 cm³/mol. The first kappa shape index (κ1) is 26.2. The molecule has 0 fully saturated rings. The Morgan fingerprint density at radius 1 is 0.861 bits per heavy atom. The normalized spacial score (nSPS) is 11.2. The number of anilines is 1. The smallest absolute Gasteiger partial charge is 0.269 e. The summed E-state index contributed by atoms with van der Waals surface area (Å²) in [6, 6.07) is 10.8. The summed E-state index contributed by atoms with van der Waals surface area (Å²) in [7, 11) is 1.56. The summed E-state index contributed by atoms with van der Waals surface area (Å²) in [6.45, 7) is 0. The summed E-state index contributed by atoms with van der Waals surface area (Å²) in [6.07, 6.45) is 3.24. The molecule has 0 aliphatic rings. The van der Waals surface area contributed by atoms with Crippen molar-refractivity contribution in [3.05, 3.63) is 69.8 Å². The third-order valence-electron chi connectivity index (χ3n) is 5.13. The number of phenols is 1. The molecular formula is C24H24N2O9S. The van der Waals surface area contributed by atoms with Gasteiger partial charge in [-0.1, -0.05) is 12.2 Å². The van der Waals surface area contributed by atoms with E-state index in [0.29, 0.717) is 28.4 Å². The number of non-ortho nitro benzene ring substituents is 1. The maximum atomic E-state index is 13.0. The van der Waals surface area contributed by atoms with Crippen molar-refractivity contribution in [2.45, 2.75) is 4.90 Å². The first-order valence-corrected chi connectivity index (χ1v) is 11.8. The average Bonchev–Trinajstić information content (AvgIpc) is 2.88. The van der Waals surface area contributed by atoms with E-state index in [1.807, 2.05) is 0 Å². The monoisotopic (exact) mass is 516 g/mol. The van der Waals surface area contributed by atoms with Crippen molar-refractivity contribution in [2.75, 3.05) is 33.2 Å². The van der Waals surface area contributed by atoms with Gasteiger partial charge in [0.1, 0.15) is 5.69 Å². The first-order valence-electron chi connectivity index (χ1n) is 10.3. The van der Waals surface area contributed by atoms with Crippen LogP contribution < -0.4 is 23.7 Å². The molecule has 0 unspecified atom stereocenters. The molecule has 3 aromatic rings. The van der Waals surface area contributed by atoms with E-state index in [4.69, 9.17) is 18.9 Å². The van der Waals surface area contributed by atoms with E-state index in [2.05, 4.69) is 4.72 Å². The molecule has 0 radical (unpaired) electrons. The van der Waals surface area contributed by atoms with Gasteiger partial charge < -0.3 is 24.1 Å². The van der Waals surface area contributed by atoms with Crippen molar-refractivity contribution in [3.8, 4) is 28.7 Å². The van der Waals surface area contributed by atoms with Gasteiger partial charge in [0.2, 0.25) is 5.75 Å². The zero-order valence-electron chi connectivity index (χ0n) is 19.8. The van der Waals surface area contributed by atoms with Gasteiger partial charge in [-0.3, -0.25) is 14.8 Å². The standard InChI is InChI=1S/C24H24N2O9S/c1-32-19-12-7-16(6-5-15-13-20(33-2)24(35-4)21(14-15)34-3)22(23(19)27)25-36(30,31)18-10-8-17(9-11-18)26(28)29/h5-14,25,27H,1-4H3/b6-5-. The lowest BCUT2D eigenvalue weighted by atomic mass is 10.1. The molecule has 0 saturated carbocycles. The van der Waals surface area contributed by atoms with Crippen LogP contribution in [0.5, 0.6) is 28.7 Å². The molecule has 36 heavy (non-hydrogen) atoms. The summed E-state index contributed by atoms with van der Waals surface area (Å²) >= 11 is 0. The molecular weight excluding hydrogens is 492 g/mol. The zero-order chi connectivity index (χ0) is 26.5. The Morgan fingerprint density at radius 3 is 1.94 bits per heavy atom. The number of nitrogens with zero attached hydrogens (tertiary/aromatic N) is 1. The van der Waals surface area contributed by atoms with Gasteiger partial charge in [0.15, 0.2) is 23.0 Å². The Kier molecular flexibility index (Phi) is 7.90. The van der Waals surface area contributed by atoms with Gasteiger partial charge in [0, 0.05) is 17.7 Å². The van der Waals surface area contributed by atoms with Gasteiger partial charge in [-0.25, -0.2) is 8.42 Å². The van der Waals surface area contributed by atoms with Crippen molar-refractivity contribution >= 4 is 33.6 Å². The highest BCUT2D eigenvalue weighted by molar-refractivity contribution is 7.92. The van der Waals surface area contributed by atoms with Gasteiger partial charge in [-0.15, -0.1) is 0 Å². The Balaban J connectivity index is 2.04. The van der Waals surface area contributed by atoms with Gasteiger partial charge in [-0.05, 0) is 42.0 Å². The van der Waals surface area contributed by atoms with Crippen LogP contribution in [0.3, 0.4) is 0 Å². The van der Waals surface area contributed by atoms with Crippen LogP contribution in [-0.4, -0.2) is 46.9 Å². The lowest BCUT2D eigenvalue weighted by Crippen LogP contribution is -2.14. The highest BCUT2D eigenvalue weighted by Gasteiger charge is 2.21. The molecule has 0 aliphatic heterocycles. The van der Waals surface area contributed by atoms with Crippen LogP contribution in [0.2, 0.25) is 0 Å². The van der Waals surface area contributed by atoms with Crippen LogP contribution in [-0.2, 0) is 10.0 Å². The number of sulfonamides is 1. The minimum absolute atomic E-state index is 0.0429. The highest BCUT2D eigenvalue weighted by atomic mass is 32.2. The van der Waals surface area contributed by atoms with E-state index < -0.39 is 20.7 Å². The van der Waals surface area contributed by atoms with Crippen molar-refractivity contribution in [1.29, 1.82) is 0 Å². The second kappa shape index (κ2) is 10.9. The molecule has 11 nitrogen and oxygen atoms in total. The summed E-state index contributed by atoms with van der Waals surface area (Å²) in [5.41, 5.74) is 0.556. The number of nitro benzene ring substituents is 1. The van der Waals surface area contributed by atoms with Crippen molar-refractivity contribution in [2.24, 2.45) is 0 Å². The molecule has 0 aromatic heterocycles. The minimum atomic E-state index is -4.22. The fraction of sp³-hybridized carbons (Fsp3) is 0.167. The Hall–Kier alpha value is -4.45. The summed E-state index contributed by atoms with van der Waals surface area (Å²) in [5, 5.41) is 21.6. The molecule has 3 aromatic carbocycles. The van der Waals surface area contributed by atoms with E-state index >= 15 is 0 Å². The number of aromatic hydroxyl groups is 1. The average molecular weight is 517 g/mol. The number of methoxy groups -OCH3 is 4. The number of rotatable bonds is 10. The van der Waals surface area contributed by atoms with E-state index in [9.17, 15) is 23.6 Å². The Morgan fingerprint density at radius 2 is 1.44 bits per heavy atom. The number of ether oxygens (including phenoxy) is 4. The maximum absolute atomic E-state index is 13.0. The molecule has 0 amide bonds. The largest absolute Gasteiger partial charge is 0.503 e. The van der Waals surface area contributed by atoms with Gasteiger partial charge >= 0.3 is 0 Å². The second-order valence-electron chi connectivity index (χ2n) is 7.23. The lowest BCUT2D eigenvalue weighted by molar-refractivity contribution is -0.384. The second-order valence-corrected chi connectivity index (χ2v) is 8.91. The SMILES string of the molecule is COc1ccc(/C=C\c2cc(OC)c(OC)c(OC)c2)c(NS(=O)(=O)c2ccc([N+](=O)[O-])cc2)c1O. The van der Waals surface area contributed by atoms with Crippen LogP contribution in [0.25, 0.3) is 12.2 Å². The van der Waals surface area contributed by atoms with Crippen LogP contribution in [0.15, 0.2) is 53.4 Å². The molecule has 0 spiro atoms. The fourth-order valence-electron chi connectivity index (χ4n) is 3.32. The van der Waals surface area contributed by atoms with Crippen molar-refractivity contribution in [1.82, 2.24) is 0 Å². The highest BCUT2D eigenvalue weighted by Crippen LogP contribution is 2.41. The van der Waals surface area contributed by atoms with Crippen molar-refractivity contribution in [3.63, 3.8) is 0 Å². The number of benzene rings is 3. The number of phenolic OH excluding ortho intramolecular Hbond substituents is 1. The number of nitro groups is 1. The molecule has 0 saturated heterocycles. The number of hydrogen-bond acceptors (Lipinski definition) is 9. The molecule has 0 atom stereocenters. The Labute approximate surface area is 207 Å². The number of hydrogen-bond donors (Lipinski definition) is 2. The molecule has 0 heterocycles. The van der Waals surface area contributed by atoms with E-state index in [-0.39, 0.29) is 22.0 Å². The molecule has 190 valence electrons. The third kappa shape index (κ3) is 5.44. The maximum Gasteiger partial charge on any atom is 0.269 e. The summed E-state index contributed by atoms with van der Waals surface area (Å²) < 4.78 is 49.5. The van der Waals surface area contributed by atoms with Crippen LogP contribution >= 0.6 is 0 Å². The molecule has 0 aliphatic carbocycles. The lowest BCUT2D eigenvalue weighted by Gasteiger charge is -2.15. The minimum Gasteiger partial charge on any atom is -0.503 e. The molecule has 3 rings (SSSR count). The van der Waals surface area contributed by atoms with E-state index in [1.165, 1.54) is 34.5 Å². The predicted octanol–water partition coefficient (Wildman–Crippen LogP) is 4.31. The Bertz CT molecular complexity index is 1380. The molecule has 12 heteroatoms. The quantitative estimate of drug-likeness (QED) is 0.174. The van der Waals surface area contributed by atoms with Crippen LogP contribution in [0, 0.1) is 10.1 Å². The van der Waals surface area contributed by atoms with Gasteiger partial charge in [0.25, 0.3) is 15.7 Å². The third-order valence-corrected chi connectivity index (χ3v) is 6.50. The summed E-state index contributed by atoms with van der Waals surface area (Å²) in [5.74, 6) is 0.869. The van der Waals surface area contributed by atoms with Gasteiger partial charge in [0.05, 0.1) is 38.3 Å². The fourth-order valence-corrected chi connectivity index (χ4v) is 4.42.